The lowest BCUT2D eigenvalue weighted by atomic mass is 9.70. The molecule has 2 atom stereocenters. The van der Waals surface area contributed by atoms with Crippen molar-refractivity contribution in [3.8, 4) is 6.07 Å². The molecule has 0 fully saturated rings. The maximum absolute atomic E-state index is 8.74. The predicted octanol–water partition coefficient (Wildman–Crippen LogP) is 2.73. The van der Waals surface area contributed by atoms with Gasteiger partial charge in [0, 0.05) is 12.0 Å². The normalized spacial score (nSPS) is 32.1. The van der Waals surface area contributed by atoms with Crippen molar-refractivity contribution in [2.24, 2.45) is 11.1 Å². The van der Waals surface area contributed by atoms with Crippen LogP contribution in [0, 0.1) is 16.7 Å². The Hall–Kier alpha value is -1.33. The summed E-state index contributed by atoms with van der Waals surface area (Å²) in [4.78, 5) is 0. The summed E-state index contributed by atoms with van der Waals surface area (Å²) >= 11 is 0. The van der Waals surface area contributed by atoms with E-state index in [0.29, 0.717) is 6.42 Å². The molecular formula is C14H18N2. The van der Waals surface area contributed by atoms with Crippen molar-refractivity contribution in [3.63, 3.8) is 0 Å². The zero-order valence-electron chi connectivity index (χ0n) is 9.96. The number of fused-ring (bicyclic) bond motifs is 1. The van der Waals surface area contributed by atoms with Crippen LogP contribution in [0.15, 0.2) is 24.3 Å². The van der Waals surface area contributed by atoms with Crippen LogP contribution in [-0.2, 0) is 12.0 Å². The van der Waals surface area contributed by atoms with Crippen LogP contribution in [0.5, 0.6) is 0 Å². The van der Waals surface area contributed by atoms with E-state index in [9.17, 15) is 0 Å². The van der Waals surface area contributed by atoms with Crippen LogP contribution in [-0.4, -0.2) is 0 Å². The van der Waals surface area contributed by atoms with E-state index < -0.39 is 0 Å². The van der Waals surface area contributed by atoms with Gasteiger partial charge >= 0.3 is 0 Å². The van der Waals surface area contributed by atoms with Crippen molar-refractivity contribution < 1.29 is 0 Å². The first-order chi connectivity index (χ1) is 7.51. The van der Waals surface area contributed by atoms with E-state index >= 15 is 0 Å². The van der Waals surface area contributed by atoms with E-state index in [4.69, 9.17) is 11.0 Å². The molecule has 2 heteroatoms. The molecule has 1 aromatic carbocycles. The highest BCUT2D eigenvalue weighted by Gasteiger charge is 2.48. The number of hydrogen-bond acceptors (Lipinski definition) is 2. The van der Waals surface area contributed by atoms with Crippen LogP contribution in [0.4, 0.5) is 0 Å². The number of rotatable bonds is 2. The van der Waals surface area contributed by atoms with E-state index in [-0.39, 0.29) is 11.0 Å². The summed E-state index contributed by atoms with van der Waals surface area (Å²) in [7, 11) is 0. The number of nitrogens with zero attached hydrogens (tertiary/aromatic N) is 1. The molecule has 84 valence electrons. The summed E-state index contributed by atoms with van der Waals surface area (Å²) in [5.41, 5.74) is 8.77. The fourth-order valence-corrected chi connectivity index (χ4v) is 2.79. The second-order valence-electron chi connectivity index (χ2n) is 5.26. The third-order valence-electron chi connectivity index (χ3n) is 4.20. The predicted molar refractivity (Wildman–Crippen MR) is 64.6 cm³/mol. The van der Waals surface area contributed by atoms with E-state index in [1.54, 1.807) is 0 Å². The lowest BCUT2D eigenvalue weighted by Gasteiger charge is -2.38. The molecule has 0 saturated carbocycles. The van der Waals surface area contributed by atoms with Gasteiger partial charge in [-0.3, -0.25) is 0 Å². The molecule has 16 heavy (non-hydrogen) atoms. The second kappa shape index (κ2) is 3.61. The van der Waals surface area contributed by atoms with Gasteiger partial charge in [0.15, 0.2) is 0 Å². The van der Waals surface area contributed by atoms with E-state index in [1.165, 1.54) is 11.1 Å². The molecule has 1 aromatic rings. The summed E-state index contributed by atoms with van der Waals surface area (Å²) in [6.45, 7) is 4.29. The monoisotopic (exact) mass is 214 g/mol. The van der Waals surface area contributed by atoms with Crippen molar-refractivity contribution in [2.45, 2.75) is 38.6 Å². The van der Waals surface area contributed by atoms with Gasteiger partial charge in [0.2, 0.25) is 0 Å². The Balaban J connectivity index is 2.39. The number of nitriles is 1. The Morgan fingerprint density at radius 1 is 1.38 bits per heavy atom. The highest BCUT2D eigenvalue weighted by Crippen LogP contribution is 2.50. The first-order valence-electron chi connectivity index (χ1n) is 5.75. The van der Waals surface area contributed by atoms with Crippen molar-refractivity contribution in [1.82, 2.24) is 0 Å². The van der Waals surface area contributed by atoms with Gasteiger partial charge in [-0.25, -0.2) is 0 Å². The molecule has 0 bridgehead atoms. The van der Waals surface area contributed by atoms with Gasteiger partial charge in [-0.2, -0.15) is 5.26 Å². The summed E-state index contributed by atoms with van der Waals surface area (Å²) in [6.07, 6.45) is 2.43. The Bertz CT molecular complexity index is 442. The topological polar surface area (TPSA) is 49.8 Å². The van der Waals surface area contributed by atoms with Gasteiger partial charge in [0.1, 0.15) is 0 Å². The molecule has 0 amide bonds. The SMILES string of the molecule is CC1(CCC#N)Cc2ccccc2C1(C)N. The Labute approximate surface area is 97.1 Å². The van der Waals surface area contributed by atoms with E-state index in [1.807, 2.05) is 6.07 Å². The van der Waals surface area contributed by atoms with Crippen molar-refractivity contribution >= 4 is 0 Å². The highest BCUT2D eigenvalue weighted by molar-refractivity contribution is 5.41. The van der Waals surface area contributed by atoms with Gasteiger partial charge in [0.25, 0.3) is 0 Å². The smallest absolute Gasteiger partial charge is 0.0621 e. The average Bonchev–Trinajstić information content (AvgIpc) is 2.45. The van der Waals surface area contributed by atoms with Crippen LogP contribution < -0.4 is 5.73 Å². The summed E-state index contributed by atoms with van der Waals surface area (Å²) < 4.78 is 0. The maximum Gasteiger partial charge on any atom is 0.0621 e. The molecule has 0 saturated heterocycles. The van der Waals surface area contributed by atoms with E-state index in [2.05, 4.69) is 38.1 Å². The molecule has 0 spiro atoms. The number of benzene rings is 1. The molecule has 2 rings (SSSR count). The fourth-order valence-electron chi connectivity index (χ4n) is 2.79. The standard InChI is InChI=1S/C14H18N2/c1-13(8-5-9-15)10-11-6-3-4-7-12(11)14(13,2)16/h3-4,6-7H,5,8,10,16H2,1-2H3. The fraction of sp³-hybridized carbons (Fsp3) is 0.500. The van der Waals surface area contributed by atoms with Crippen molar-refractivity contribution in [3.05, 3.63) is 35.4 Å². The number of hydrogen-bond donors (Lipinski definition) is 1. The average molecular weight is 214 g/mol. The maximum atomic E-state index is 8.74. The first-order valence-corrected chi connectivity index (χ1v) is 5.75. The molecule has 0 aliphatic heterocycles. The highest BCUT2D eigenvalue weighted by atomic mass is 14.8. The zero-order valence-corrected chi connectivity index (χ0v) is 9.96. The summed E-state index contributed by atoms with van der Waals surface area (Å²) in [5, 5.41) is 8.74. The molecule has 2 nitrogen and oxygen atoms in total. The molecule has 2 N–H and O–H groups in total. The Kier molecular flexibility index (Phi) is 2.52. The van der Waals surface area contributed by atoms with Gasteiger partial charge in [0.05, 0.1) is 6.07 Å². The van der Waals surface area contributed by atoms with Crippen LogP contribution in [0.2, 0.25) is 0 Å². The molecule has 1 aliphatic carbocycles. The third-order valence-corrected chi connectivity index (χ3v) is 4.20. The van der Waals surface area contributed by atoms with E-state index in [0.717, 1.165) is 12.8 Å². The molecule has 1 aliphatic rings. The third kappa shape index (κ3) is 1.44. The Morgan fingerprint density at radius 2 is 2.06 bits per heavy atom. The molecule has 0 heterocycles. The quantitative estimate of drug-likeness (QED) is 0.823. The van der Waals surface area contributed by atoms with Crippen molar-refractivity contribution in [2.75, 3.05) is 0 Å². The van der Waals surface area contributed by atoms with Gasteiger partial charge in [-0.1, -0.05) is 31.2 Å². The number of nitrogens with two attached hydrogens (primary N) is 1. The van der Waals surface area contributed by atoms with Crippen molar-refractivity contribution in [1.29, 1.82) is 5.26 Å². The van der Waals surface area contributed by atoms with Crippen LogP contribution in [0.1, 0.15) is 37.8 Å². The molecule has 0 radical (unpaired) electrons. The van der Waals surface area contributed by atoms with Crippen LogP contribution in [0.3, 0.4) is 0 Å². The van der Waals surface area contributed by atoms with Gasteiger partial charge in [-0.15, -0.1) is 0 Å². The zero-order chi connectivity index (χ0) is 11.8. The largest absolute Gasteiger partial charge is 0.321 e. The molecular weight excluding hydrogens is 196 g/mol. The minimum atomic E-state index is -0.319. The minimum Gasteiger partial charge on any atom is -0.321 e. The van der Waals surface area contributed by atoms with Gasteiger partial charge < -0.3 is 5.73 Å². The first kappa shape index (κ1) is 11.2. The van der Waals surface area contributed by atoms with Crippen LogP contribution in [0.25, 0.3) is 0 Å². The molecule has 2 unspecified atom stereocenters. The van der Waals surface area contributed by atoms with Crippen LogP contribution >= 0.6 is 0 Å². The minimum absolute atomic E-state index is 0.00637. The Morgan fingerprint density at radius 3 is 2.69 bits per heavy atom. The lowest BCUT2D eigenvalue weighted by molar-refractivity contribution is 0.169. The van der Waals surface area contributed by atoms with Gasteiger partial charge in [-0.05, 0) is 36.3 Å². The molecule has 0 aromatic heterocycles. The second-order valence-corrected chi connectivity index (χ2v) is 5.26. The summed E-state index contributed by atoms with van der Waals surface area (Å²) in [6, 6.07) is 10.6. The lowest BCUT2D eigenvalue weighted by Crippen LogP contribution is -2.45. The summed E-state index contributed by atoms with van der Waals surface area (Å²) in [5.74, 6) is 0.